The van der Waals surface area contributed by atoms with E-state index in [1.54, 1.807) is 18.2 Å². The van der Waals surface area contributed by atoms with Crippen molar-refractivity contribution in [2.75, 3.05) is 25.1 Å². The van der Waals surface area contributed by atoms with Crippen LogP contribution in [-0.4, -0.2) is 30.8 Å². The highest BCUT2D eigenvalue weighted by molar-refractivity contribution is 7.80. The van der Waals surface area contributed by atoms with Crippen LogP contribution < -0.4 is 24.8 Å². The van der Waals surface area contributed by atoms with Crippen molar-refractivity contribution in [1.82, 2.24) is 5.32 Å². The molecule has 190 valence electrons. The minimum absolute atomic E-state index is 0.201. The molecule has 0 aromatic heterocycles. The summed E-state index contributed by atoms with van der Waals surface area (Å²) in [5.41, 5.74) is 1.15. The molecule has 3 aromatic carbocycles. The second kappa shape index (κ2) is 15.4. The Hall–Kier alpha value is -3.58. The van der Waals surface area contributed by atoms with E-state index in [9.17, 15) is 4.79 Å². The lowest BCUT2D eigenvalue weighted by molar-refractivity contribution is 0.0972. The van der Waals surface area contributed by atoms with Crippen LogP contribution in [0.15, 0.2) is 78.9 Å². The molecule has 0 fully saturated rings. The quantitative estimate of drug-likeness (QED) is 0.189. The number of thiocarbonyl (C=S) groups is 1. The fraction of sp³-hybridized carbons (Fsp3) is 0.310. The molecule has 3 rings (SSSR count). The molecule has 0 aliphatic heterocycles. The van der Waals surface area contributed by atoms with E-state index in [0.29, 0.717) is 31.1 Å². The van der Waals surface area contributed by atoms with Gasteiger partial charge >= 0.3 is 0 Å². The van der Waals surface area contributed by atoms with Gasteiger partial charge in [-0.2, -0.15) is 0 Å². The zero-order valence-electron chi connectivity index (χ0n) is 20.7. The summed E-state index contributed by atoms with van der Waals surface area (Å²) in [4.78, 5) is 12.8. The average Bonchev–Trinajstić information content (AvgIpc) is 2.90. The van der Waals surface area contributed by atoms with Crippen molar-refractivity contribution in [2.45, 2.75) is 39.0 Å². The Morgan fingerprint density at radius 3 is 2.14 bits per heavy atom. The van der Waals surface area contributed by atoms with Crippen LogP contribution in [0.5, 0.6) is 17.2 Å². The number of benzene rings is 3. The first kappa shape index (κ1) is 27.0. The first-order chi connectivity index (χ1) is 17.7. The number of hydrogen-bond acceptors (Lipinski definition) is 5. The van der Waals surface area contributed by atoms with Crippen LogP contribution in [0.1, 0.15) is 49.4 Å². The number of ether oxygens (including phenoxy) is 3. The fourth-order valence-electron chi connectivity index (χ4n) is 3.47. The van der Waals surface area contributed by atoms with E-state index in [-0.39, 0.29) is 11.0 Å². The molecule has 6 nitrogen and oxygen atoms in total. The largest absolute Gasteiger partial charge is 0.494 e. The Bertz CT molecular complexity index is 1070. The molecule has 1 amide bonds. The van der Waals surface area contributed by atoms with Crippen LogP contribution in [-0.2, 0) is 0 Å². The number of rotatable bonds is 14. The number of para-hydroxylation sites is 2. The second-order valence-electron chi connectivity index (χ2n) is 8.20. The van der Waals surface area contributed by atoms with Crippen molar-refractivity contribution in [1.29, 1.82) is 0 Å². The van der Waals surface area contributed by atoms with Gasteiger partial charge in [0.15, 0.2) is 5.11 Å². The number of carbonyl (C=O) groups is 1. The zero-order valence-corrected chi connectivity index (χ0v) is 21.5. The van der Waals surface area contributed by atoms with Gasteiger partial charge in [0.05, 0.1) is 12.2 Å². The van der Waals surface area contributed by atoms with Crippen LogP contribution in [0.25, 0.3) is 0 Å². The lowest BCUT2D eigenvalue weighted by Crippen LogP contribution is -2.34. The standard InChI is InChI=1S/C29H34N2O4S/c1-2-3-4-5-11-20-33-25-18-16-23(17-19-25)30-29(36)31-28(32)26-14-9-10-15-27(26)35-22-21-34-24-12-7-6-8-13-24/h6-10,12-19H,2-5,11,20-22H2,1H3,(H2,30,31,32,36). The number of unbranched alkanes of at least 4 members (excludes halogenated alkanes) is 4. The van der Waals surface area contributed by atoms with E-state index < -0.39 is 0 Å². The van der Waals surface area contributed by atoms with E-state index in [1.165, 1.54) is 25.7 Å². The van der Waals surface area contributed by atoms with E-state index >= 15 is 0 Å². The maximum atomic E-state index is 12.8. The Morgan fingerprint density at radius 2 is 1.36 bits per heavy atom. The summed E-state index contributed by atoms with van der Waals surface area (Å²) < 4.78 is 17.2. The Balaban J connectivity index is 1.42. The van der Waals surface area contributed by atoms with Crippen LogP contribution in [0.3, 0.4) is 0 Å². The molecule has 0 radical (unpaired) electrons. The predicted octanol–water partition coefficient (Wildman–Crippen LogP) is 6.62. The lowest BCUT2D eigenvalue weighted by Gasteiger charge is -2.14. The van der Waals surface area contributed by atoms with Gasteiger partial charge in [0, 0.05) is 5.69 Å². The number of carbonyl (C=O) groups excluding carboxylic acids is 1. The Kier molecular flexibility index (Phi) is 11.6. The van der Waals surface area contributed by atoms with Gasteiger partial charge in [0.1, 0.15) is 30.5 Å². The van der Waals surface area contributed by atoms with Gasteiger partial charge in [0.25, 0.3) is 5.91 Å². The normalized spacial score (nSPS) is 10.4. The minimum Gasteiger partial charge on any atom is -0.494 e. The van der Waals surface area contributed by atoms with Crippen LogP contribution in [0, 0.1) is 0 Å². The molecular formula is C29H34N2O4S. The van der Waals surface area contributed by atoms with Crippen molar-refractivity contribution in [3.05, 3.63) is 84.4 Å². The van der Waals surface area contributed by atoms with Crippen molar-refractivity contribution in [3.63, 3.8) is 0 Å². The molecule has 0 unspecified atom stereocenters. The van der Waals surface area contributed by atoms with Gasteiger partial charge in [-0.15, -0.1) is 0 Å². The highest BCUT2D eigenvalue weighted by atomic mass is 32.1. The maximum Gasteiger partial charge on any atom is 0.261 e. The molecule has 0 aliphatic carbocycles. The highest BCUT2D eigenvalue weighted by Gasteiger charge is 2.14. The summed E-state index contributed by atoms with van der Waals surface area (Å²) in [6, 6.07) is 24.1. The van der Waals surface area contributed by atoms with Gasteiger partial charge in [0.2, 0.25) is 0 Å². The minimum atomic E-state index is -0.352. The van der Waals surface area contributed by atoms with E-state index in [2.05, 4.69) is 17.6 Å². The smallest absolute Gasteiger partial charge is 0.261 e. The van der Waals surface area contributed by atoms with Crippen molar-refractivity contribution < 1.29 is 19.0 Å². The number of nitrogens with one attached hydrogen (secondary N) is 2. The maximum absolute atomic E-state index is 12.8. The molecule has 0 atom stereocenters. The monoisotopic (exact) mass is 506 g/mol. The SMILES string of the molecule is CCCCCCCOc1ccc(NC(=S)NC(=O)c2ccccc2OCCOc2ccccc2)cc1. The summed E-state index contributed by atoms with van der Waals surface area (Å²) in [7, 11) is 0. The van der Waals surface area contributed by atoms with Crippen molar-refractivity contribution in [2.24, 2.45) is 0 Å². The van der Waals surface area contributed by atoms with Gasteiger partial charge in [-0.3, -0.25) is 10.1 Å². The third-order valence-electron chi connectivity index (χ3n) is 5.34. The molecule has 3 aromatic rings. The molecule has 0 saturated carbocycles. The van der Waals surface area contributed by atoms with E-state index in [0.717, 1.165) is 23.6 Å². The molecule has 0 heterocycles. The fourth-order valence-corrected chi connectivity index (χ4v) is 3.68. The highest BCUT2D eigenvalue weighted by Crippen LogP contribution is 2.19. The summed E-state index contributed by atoms with van der Waals surface area (Å²) in [6.45, 7) is 3.58. The second-order valence-corrected chi connectivity index (χ2v) is 8.61. The summed E-state index contributed by atoms with van der Waals surface area (Å²) >= 11 is 5.33. The zero-order chi connectivity index (χ0) is 25.4. The molecule has 2 N–H and O–H groups in total. The van der Waals surface area contributed by atoms with Crippen molar-refractivity contribution in [3.8, 4) is 17.2 Å². The summed E-state index contributed by atoms with van der Waals surface area (Å²) in [6.07, 6.45) is 6.02. The van der Waals surface area contributed by atoms with E-state index in [4.69, 9.17) is 26.4 Å². The van der Waals surface area contributed by atoms with E-state index in [1.807, 2.05) is 60.7 Å². The number of hydrogen-bond donors (Lipinski definition) is 2. The number of anilines is 1. The molecule has 0 saturated heterocycles. The van der Waals surface area contributed by atoms with Gasteiger partial charge < -0.3 is 19.5 Å². The topological polar surface area (TPSA) is 68.8 Å². The van der Waals surface area contributed by atoms with Crippen LogP contribution >= 0.6 is 12.2 Å². The summed E-state index contributed by atoms with van der Waals surface area (Å²) in [5.74, 6) is 1.69. The Morgan fingerprint density at radius 1 is 0.722 bits per heavy atom. The first-order valence-electron chi connectivity index (χ1n) is 12.4. The van der Waals surface area contributed by atoms with Gasteiger partial charge in [-0.05, 0) is 67.2 Å². The summed E-state index contributed by atoms with van der Waals surface area (Å²) in [5, 5.41) is 5.95. The van der Waals surface area contributed by atoms with Crippen LogP contribution in [0.2, 0.25) is 0 Å². The molecule has 0 spiro atoms. The van der Waals surface area contributed by atoms with Crippen molar-refractivity contribution >= 4 is 28.9 Å². The third kappa shape index (κ3) is 9.58. The Labute approximate surface area is 219 Å². The number of amides is 1. The molecule has 36 heavy (non-hydrogen) atoms. The first-order valence-corrected chi connectivity index (χ1v) is 12.8. The predicted molar refractivity (Wildman–Crippen MR) is 148 cm³/mol. The molecule has 0 aliphatic rings. The lowest BCUT2D eigenvalue weighted by atomic mass is 10.2. The average molecular weight is 507 g/mol. The van der Waals surface area contributed by atoms with Gasteiger partial charge in [-0.1, -0.05) is 62.9 Å². The molecule has 7 heteroatoms. The van der Waals surface area contributed by atoms with Gasteiger partial charge in [-0.25, -0.2) is 0 Å². The molecular weight excluding hydrogens is 472 g/mol. The van der Waals surface area contributed by atoms with Crippen LogP contribution in [0.4, 0.5) is 5.69 Å². The third-order valence-corrected chi connectivity index (χ3v) is 5.54. The molecule has 0 bridgehead atoms.